The summed E-state index contributed by atoms with van der Waals surface area (Å²) in [5.41, 5.74) is -0.197. The van der Waals surface area contributed by atoms with Crippen molar-refractivity contribution >= 4 is 11.8 Å². The lowest BCUT2D eigenvalue weighted by Crippen LogP contribution is -2.32. The molecule has 6 nitrogen and oxygen atoms in total. The first-order chi connectivity index (χ1) is 10.6. The first-order valence-corrected chi connectivity index (χ1v) is 7.68. The molecule has 2 rings (SSSR count). The number of nitrogens with zero attached hydrogens (tertiary/aromatic N) is 2. The molecular formula is C16H23N3O3. The van der Waals surface area contributed by atoms with Gasteiger partial charge in [0.25, 0.3) is 5.56 Å². The summed E-state index contributed by atoms with van der Waals surface area (Å²) in [4.78, 5) is 27.0. The van der Waals surface area contributed by atoms with Crippen LogP contribution in [0.3, 0.4) is 0 Å². The molecule has 0 aromatic carbocycles. The highest BCUT2D eigenvalue weighted by molar-refractivity contribution is 5.66. The van der Waals surface area contributed by atoms with E-state index >= 15 is 0 Å². The zero-order valence-corrected chi connectivity index (χ0v) is 12.8. The average molecular weight is 305 g/mol. The third-order valence-electron chi connectivity index (χ3n) is 4.39. The van der Waals surface area contributed by atoms with Crippen molar-refractivity contribution < 1.29 is 9.90 Å². The van der Waals surface area contributed by atoms with E-state index in [-0.39, 0.29) is 23.3 Å². The van der Waals surface area contributed by atoms with Gasteiger partial charge in [-0.15, -0.1) is 6.58 Å². The summed E-state index contributed by atoms with van der Waals surface area (Å²) in [5.74, 6) is -0.814. The third kappa shape index (κ3) is 3.96. The van der Waals surface area contributed by atoms with E-state index in [1.54, 1.807) is 0 Å². The predicted molar refractivity (Wildman–Crippen MR) is 85.0 cm³/mol. The first kappa shape index (κ1) is 16.3. The molecule has 0 amide bonds. The number of aliphatic carboxylic acids is 1. The largest absolute Gasteiger partial charge is 0.480 e. The van der Waals surface area contributed by atoms with Crippen LogP contribution in [0.15, 0.2) is 29.8 Å². The van der Waals surface area contributed by atoms with Crippen molar-refractivity contribution in [2.45, 2.75) is 45.1 Å². The number of carbonyl (C=O) groups is 1. The monoisotopic (exact) mass is 305 g/mol. The van der Waals surface area contributed by atoms with Crippen LogP contribution in [0, 0.1) is 5.41 Å². The minimum absolute atomic E-state index is 0.190. The van der Waals surface area contributed by atoms with E-state index in [1.807, 2.05) is 6.08 Å². The van der Waals surface area contributed by atoms with Crippen molar-refractivity contribution in [3.8, 4) is 0 Å². The standard InChI is InChI=1S/C16H23N3O3/c1-2-3-6-16(7-4-5-8-16)12-18-14-15(22)19(10-9-17-14)11-13(20)21/h2,9-10H,1,3-8,11-12H2,(H,17,18)(H,20,21). The van der Waals surface area contributed by atoms with Gasteiger partial charge in [-0.1, -0.05) is 18.9 Å². The lowest BCUT2D eigenvalue weighted by atomic mass is 9.81. The summed E-state index contributed by atoms with van der Waals surface area (Å²) < 4.78 is 1.16. The van der Waals surface area contributed by atoms with Crippen LogP contribution in [0.1, 0.15) is 38.5 Å². The summed E-state index contributed by atoms with van der Waals surface area (Å²) >= 11 is 0. The molecule has 1 aliphatic rings. The molecule has 1 aliphatic carbocycles. The van der Waals surface area contributed by atoms with Crippen LogP contribution in [0.2, 0.25) is 0 Å². The molecule has 0 radical (unpaired) electrons. The number of nitrogens with one attached hydrogen (secondary N) is 1. The van der Waals surface area contributed by atoms with Gasteiger partial charge < -0.3 is 10.4 Å². The summed E-state index contributed by atoms with van der Waals surface area (Å²) in [5, 5.41) is 12.0. The number of carboxylic acids is 1. The average Bonchev–Trinajstić information content (AvgIpc) is 2.95. The van der Waals surface area contributed by atoms with E-state index in [4.69, 9.17) is 5.11 Å². The van der Waals surface area contributed by atoms with Crippen LogP contribution < -0.4 is 10.9 Å². The lowest BCUT2D eigenvalue weighted by Gasteiger charge is -2.29. The van der Waals surface area contributed by atoms with Crippen molar-refractivity contribution in [1.82, 2.24) is 9.55 Å². The number of allylic oxidation sites excluding steroid dienone is 1. The van der Waals surface area contributed by atoms with E-state index in [9.17, 15) is 9.59 Å². The molecule has 120 valence electrons. The molecule has 1 aromatic rings. The van der Waals surface area contributed by atoms with Gasteiger partial charge in [0.15, 0.2) is 5.82 Å². The van der Waals surface area contributed by atoms with Crippen LogP contribution in [0.5, 0.6) is 0 Å². The van der Waals surface area contributed by atoms with E-state index in [1.165, 1.54) is 25.2 Å². The molecule has 6 heteroatoms. The number of rotatable bonds is 8. The Morgan fingerprint density at radius 3 is 2.86 bits per heavy atom. The Balaban J connectivity index is 2.08. The van der Waals surface area contributed by atoms with Crippen molar-refractivity contribution in [3.05, 3.63) is 35.4 Å². The zero-order valence-electron chi connectivity index (χ0n) is 12.8. The number of hydrogen-bond acceptors (Lipinski definition) is 4. The predicted octanol–water partition coefficient (Wildman–Crippen LogP) is 2.27. The Labute approximate surface area is 129 Å². The van der Waals surface area contributed by atoms with Gasteiger partial charge in [0, 0.05) is 18.9 Å². The van der Waals surface area contributed by atoms with Crippen LogP contribution >= 0.6 is 0 Å². The Kier molecular flexibility index (Phi) is 5.35. The normalized spacial score (nSPS) is 16.4. The molecule has 0 unspecified atom stereocenters. The van der Waals surface area contributed by atoms with Crippen LogP contribution in [0.25, 0.3) is 0 Å². The number of hydrogen-bond donors (Lipinski definition) is 2. The highest BCUT2D eigenvalue weighted by atomic mass is 16.4. The summed E-state index contributed by atoms with van der Waals surface area (Å²) in [6.45, 7) is 4.13. The molecular weight excluding hydrogens is 282 g/mol. The highest BCUT2D eigenvalue weighted by Gasteiger charge is 2.33. The second-order valence-electron chi connectivity index (χ2n) is 5.99. The molecule has 0 spiro atoms. The molecule has 1 saturated carbocycles. The fraction of sp³-hybridized carbons (Fsp3) is 0.562. The Morgan fingerprint density at radius 1 is 1.50 bits per heavy atom. The maximum atomic E-state index is 12.2. The quantitative estimate of drug-likeness (QED) is 0.720. The molecule has 1 heterocycles. The highest BCUT2D eigenvalue weighted by Crippen LogP contribution is 2.41. The summed E-state index contributed by atoms with van der Waals surface area (Å²) in [6, 6.07) is 0. The minimum Gasteiger partial charge on any atom is -0.480 e. The zero-order chi connectivity index (χ0) is 16.0. The van der Waals surface area contributed by atoms with Crippen LogP contribution in [-0.2, 0) is 11.3 Å². The fourth-order valence-corrected chi connectivity index (χ4v) is 3.16. The van der Waals surface area contributed by atoms with Crippen molar-refractivity contribution in [3.63, 3.8) is 0 Å². The first-order valence-electron chi connectivity index (χ1n) is 7.68. The Hall–Kier alpha value is -2.11. The van der Waals surface area contributed by atoms with Crippen LogP contribution in [-0.4, -0.2) is 27.2 Å². The van der Waals surface area contributed by atoms with Gasteiger partial charge in [-0.2, -0.15) is 0 Å². The second-order valence-corrected chi connectivity index (χ2v) is 5.99. The van der Waals surface area contributed by atoms with Gasteiger partial charge in [-0.25, -0.2) is 4.98 Å². The van der Waals surface area contributed by atoms with Gasteiger partial charge in [-0.3, -0.25) is 14.2 Å². The second kappa shape index (κ2) is 7.24. The molecule has 0 atom stereocenters. The molecule has 2 N–H and O–H groups in total. The van der Waals surface area contributed by atoms with E-state index in [2.05, 4.69) is 16.9 Å². The Morgan fingerprint density at radius 2 is 2.23 bits per heavy atom. The minimum atomic E-state index is -1.04. The SMILES string of the molecule is C=CCCC1(CNc2nccn(CC(=O)O)c2=O)CCCC1. The fourth-order valence-electron chi connectivity index (χ4n) is 3.16. The third-order valence-corrected chi connectivity index (χ3v) is 4.39. The lowest BCUT2D eigenvalue weighted by molar-refractivity contribution is -0.137. The van der Waals surface area contributed by atoms with Gasteiger partial charge in [0.1, 0.15) is 6.54 Å². The van der Waals surface area contributed by atoms with Gasteiger partial charge in [0.05, 0.1) is 0 Å². The molecule has 22 heavy (non-hydrogen) atoms. The molecule has 0 saturated heterocycles. The van der Waals surface area contributed by atoms with E-state index < -0.39 is 5.97 Å². The molecule has 0 bridgehead atoms. The van der Waals surface area contributed by atoms with Crippen molar-refractivity contribution in [2.24, 2.45) is 5.41 Å². The van der Waals surface area contributed by atoms with Gasteiger partial charge in [0.2, 0.25) is 0 Å². The summed E-state index contributed by atoms with van der Waals surface area (Å²) in [7, 11) is 0. The van der Waals surface area contributed by atoms with Crippen molar-refractivity contribution in [2.75, 3.05) is 11.9 Å². The smallest absolute Gasteiger partial charge is 0.323 e. The Bertz CT molecular complexity index is 589. The maximum Gasteiger partial charge on any atom is 0.323 e. The topological polar surface area (TPSA) is 84.2 Å². The van der Waals surface area contributed by atoms with Gasteiger partial charge >= 0.3 is 5.97 Å². The number of aromatic nitrogens is 2. The van der Waals surface area contributed by atoms with E-state index in [0.717, 1.165) is 30.3 Å². The van der Waals surface area contributed by atoms with Gasteiger partial charge in [-0.05, 0) is 31.1 Å². The maximum absolute atomic E-state index is 12.2. The number of carboxylic acid groups (broad SMARTS) is 1. The molecule has 1 fully saturated rings. The van der Waals surface area contributed by atoms with E-state index in [0.29, 0.717) is 6.54 Å². The summed E-state index contributed by atoms with van der Waals surface area (Å²) in [6.07, 6.45) is 11.5. The number of anilines is 1. The molecule has 1 aromatic heterocycles. The molecule has 0 aliphatic heterocycles. The van der Waals surface area contributed by atoms with Crippen molar-refractivity contribution in [1.29, 1.82) is 0 Å². The van der Waals surface area contributed by atoms with Crippen LogP contribution in [0.4, 0.5) is 5.82 Å².